The molecule has 0 heteroatoms. The van der Waals surface area contributed by atoms with E-state index >= 15 is 0 Å². The summed E-state index contributed by atoms with van der Waals surface area (Å²) < 4.78 is 0. The van der Waals surface area contributed by atoms with Crippen molar-refractivity contribution < 1.29 is 0 Å². The Labute approximate surface area is 230 Å². The highest BCUT2D eigenvalue weighted by atomic mass is 14.4. The molecule has 214 valence electrons. The Bertz CT molecular complexity index is 409. The molecule has 2 aliphatic carbocycles. The molecule has 0 saturated heterocycles. The summed E-state index contributed by atoms with van der Waals surface area (Å²) in [7, 11) is 0. The molecule has 0 nitrogen and oxygen atoms in total. The van der Waals surface area contributed by atoms with Gasteiger partial charge >= 0.3 is 0 Å². The maximum absolute atomic E-state index is 2.31. The van der Waals surface area contributed by atoms with Gasteiger partial charge in [0.05, 0.1) is 0 Å². The van der Waals surface area contributed by atoms with Crippen LogP contribution in [0.4, 0.5) is 0 Å². The highest BCUT2D eigenvalue weighted by molar-refractivity contribution is 4.81. The minimum Gasteiger partial charge on any atom is -0.0654 e. The molecule has 0 aromatic carbocycles. The number of hydrogen-bond donors (Lipinski definition) is 0. The molecular formula is C36H70. The van der Waals surface area contributed by atoms with E-state index in [9.17, 15) is 0 Å². The molecule has 0 spiro atoms. The monoisotopic (exact) mass is 503 g/mol. The van der Waals surface area contributed by atoms with E-state index < -0.39 is 0 Å². The van der Waals surface area contributed by atoms with Gasteiger partial charge in [-0.1, -0.05) is 206 Å². The molecule has 0 aromatic heterocycles. The topological polar surface area (TPSA) is 0 Å². The number of rotatable bonds is 24. The zero-order chi connectivity index (χ0) is 25.4. The average molecular weight is 503 g/mol. The summed E-state index contributed by atoms with van der Waals surface area (Å²) in [5, 5.41) is 0. The van der Waals surface area contributed by atoms with Crippen molar-refractivity contribution in [1.82, 2.24) is 0 Å². The van der Waals surface area contributed by atoms with Gasteiger partial charge in [-0.05, 0) is 24.2 Å². The predicted molar refractivity (Wildman–Crippen MR) is 164 cm³/mol. The van der Waals surface area contributed by atoms with Crippen LogP contribution < -0.4 is 0 Å². The van der Waals surface area contributed by atoms with E-state index in [4.69, 9.17) is 0 Å². The van der Waals surface area contributed by atoms with Gasteiger partial charge in [-0.3, -0.25) is 0 Å². The van der Waals surface area contributed by atoms with Crippen LogP contribution >= 0.6 is 0 Å². The zero-order valence-electron chi connectivity index (χ0n) is 25.4. The largest absolute Gasteiger partial charge is 0.0654 e. The summed E-state index contributed by atoms with van der Waals surface area (Å²) in [6.07, 6.45) is 48.4. The molecule has 2 aliphatic rings. The first-order valence-electron chi connectivity index (χ1n) is 17.9. The molecule has 0 atom stereocenters. The van der Waals surface area contributed by atoms with Crippen LogP contribution in [0.5, 0.6) is 0 Å². The summed E-state index contributed by atoms with van der Waals surface area (Å²) in [5.74, 6) is 3.31. The summed E-state index contributed by atoms with van der Waals surface area (Å²) >= 11 is 0. The van der Waals surface area contributed by atoms with Crippen LogP contribution in [-0.4, -0.2) is 0 Å². The highest BCUT2D eigenvalue weighted by Crippen LogP contribution is 2.42. The van der Waals surface area contributed by atoms with Crippen molar-refractivity contribution in [2.45, 2.75) is 212 Å². The Morgan fingerprint density at radius 3 is 0.944 bits per heavy atom. The average Bonchev–Trinajstić information content (AvgIpc) is 2.92. The van der Waals surface area contributed by atoms with Crippen LogP contribution in [0.2, 0.25) is 0 Å². The van der Waals surface area contributed by atoms with Gasteiger partial charge in [0, 0.05) is 0 Å². The van der Waals surface area contributed by atoms with E-state index in [0.29, 0.717) is 0 Å². The van der Waals surface area contributed by atoms with E-state index in [2.05, 4.69) is 6.92 Å². The fraction of sp³-hybridized carbons (Fsp3) is 1.00. The molecule has 36 heavy (non-hydrogen) atoms. The third-order valence-electron chi connectivity index (χ3n) is 10.2. The Kier molecular flexibility index (Phi) is 21.5. The van der Waals surface area contributed by atoms with Gasteiger partial charge in [0.25, 0.3) is 0 Å². The van der Waals surface area contributed by atoms with Gasteiger partial charge < -0.3 is 0 Å². The van der Waals surface area contributed by atoms with Crippen LogP contribution in [0.15, 0.2) is 0 Å². The van der Waals surface area contributed by atoms with Crippen molar-refractivity contribution in [2.24, 2.45) is 17.8 Å². The SMILES string of the molecule is CCCCCCCCCCCCCCCCCCCCCCCC(C1CCCCC1)C1CCCCC1. The van der Waals surface area contributed by atoms with Crippen molar-refractivity contribution >= 4 is 0 Å². The second-order valence-electron chi connectivity index (χ2n) is 13.3. The Morgan fingerprint density at radius 1 is 0.361 bits per heavy atom. The quantitative estimate of drug-likeness (QED) is 0.115. The van der Waals surface area contributed by atoms with Gasteiger partial charge in [0.1, 0.15) is 0 Å². The van der Waals surface area contributed by atoms with Gasteiger partial charge in [-0.15, -0.1) is 0 Å². The van der Waals surface area contributed by atoms with Crippen LogP contribution in [0.3, 0.4) is 0 Å². The fourth-order valence-corrected chi connectivity index (χ4v) is 7.79. The maximum atomic E-state index is 2.31. The Morgan fingerprint density at radius 2 is 0.639 bits per heavy atom. The molecule has 0 aromatic rings. The van der Waals surface area contributed by atoms with E-state index in [1.54, 1.807) is 32.1 Å². The van der Waals surface area contributed by atoms with Crippen molar-refractivity contribution in [3.05, 3.63) is 0 Å². The molecule has 2 saturated carbocycles. The number of unbranched alkanes of at least 4 members (excludes halogenated alkanes) is 20. The van der Waals surface area contributed by atoms with Gasteiger partial charge in [-0.25, -0.2) is 0 Å². The molecule has 0 amide bonds. The van der Waals surface area contributed by atoms with Crippen LogP contribution in [0.1, 0.15) is 212 Å². The lowest BCUT2D eigenvalue weighted by Gasteiger charge is -2.38. The fourth-order valence-electron chi connectivity index (χ4n) is 7.79. The minimum absolute atomic E-state index is 1.10. The van der Waals surface area contributed by atoms with Crippen LogP contribution in [0.25, 0.3) is 0 Å². The second-order valence-corrected chi connectivity index (χ2v) is 13.3. The lowest BCUT2D eigenvalue weighted by Crippen LogP contribution is -2.27. The van der Waals surface area contributed by atoms with Gasteiger partial charge in [0.15, 0.2) is 0 Å². The molecule has 2 rings (SSSR count). The molecule has 0 unspecified atom stereocenters. The van der Waals surface area contributed by atoms with E-state index in [1.165, 1.54) is 173 Å². The van der Waals surface area contributed by atoms with Gasteiger partial charge in [-0.2, -0.15) is 0 Å². The molecule has 0 N–H and O–H groups in total. The molecular weight excluding hydrogens is 432 g/mol. The van der Waals surface area contributed by atoms with Crippen molar-refractivity contribution in [3.8, 4) is 0 Å². The molecule has 2 fully saturated rings. The first-order valence-corrected chi connectivity index (χ1v) is 17.9. The minimum atomic E-state index is 1.10. The summed E-state index contributed by atoms with van der Waals surface area (Å²) in [6.45, 7) is 2.31. The molecule has 0 bridgehead atoms. The lowest BCUT2D eigenvalue weighted by atomic mass is 9.68. The summed E-state index contributed by atoms with van der Waals surface area (Å²) in [6, 6.07) is 0. The summed E-state index contributed by atoms with van der Waals surface area (Å²) in [5.41, 5.74) is 0. The Balaban J connectivity index is 1.31. The van der Waals surface area contributed by atoms with E-state index in [1.807, 2.05) is 0 Å². The first kappa shape index (κ1) is 32.2. The van der Waals surface area contributed by atoms with Crippen LogP contribution in [-0.2, 0) is 0 Å². The van der Waals surface area contributed by atoms with Crippen molar-refractivity contribution in [1.29, 1.82) is 0 Å². The maximum Gasteiger partial charge on any atom is -0.0357 e. The Hall–Kier alpha value is 0. The number of hydrogen-bond acceptors (Lipinski definition) is 0. The van der Waals surface area contributed by atoms with Crippen LogP contribution in [0, 0.1) is 17.8 Å². The third kappa shape index (κ3) is 16.8. The smallest absolute Gasteiger partial charge is 0.0357 e. The van der Waals surface area contributed by atoms with E-state index in [0.717, 1.165) is 17.8 Å². The summed E-state index contributed by atoms with van der Waals surface area (Å²) in [4.78, 5) is 0. The standard InChI is InChI=1S/C36H70/c1-2-3-4-5-6-7-8-9-10-11-12-13-14-15-16-17-18-19-20-21-28-33-36(34-29-24-22-25-30-34)35-31-26-23-27-32-35/h34-36H,2-33H2,1H3. The lowest BCUT2D eigenvalue weighted by molar-refractivity contribution is 0.131. The zero-order valence-corrected chi connectivity index (χ0v) is 25.4. The second kappa shape index (κ2) is 24.1. The first-order chi connectivity index (χ1) is 17.9. The van der Waals surface area contributed by atoms with E-state index in [-0.39, 0.29) is 0 Å². The third-order valence-corrected chi connectivity index (χ3v) is 10.2. The molecule has 0 aliphatic heterocycles. The van der Waals surface area contributed by atoms with Crippen molar-refractivity contribution in [2.75, 3.05) is 0 Å². The molecule has 0 heterocycles. The highest BCUT2D eigenvalue weighted by Gasteiger charge is 2.30. The van der Waals surface area contributed by atoms with Crippen molar-refractivity contribution in [3.63, 3.8) is 0 Å². The normalized spacial score (nSPS) is 17.8. The van der Waals surface area contributed by atoms with Gasteiger partial charge in [0.2, 0.25) is 0 Å². The molecule has 0 radical (unpaired) electrons. The predicted octanol–water partition coefficient (Wildman–Crippen LogP) is 13.4.